The Labute approximate surface area is 60.3 Å². The molecule has 2 N–H and O–H groups in total. The zero-order valence-electron chi connectivity index (χ0n) is 6.53. The summed E-state index contributed by atoms with van der Waals surface area (Å²) in [5, 5.41) is 17.2. The lowest BCUT2D eigenvalue weighted by atomic mass is 10.2. The summed E-state index contributed by atoms with van der Waals surface area (Å²) < 4.78 is 0.242. The standard InChI is InChI=1S/C6H13NO3/c1-7(2,3)5(4-8)6(9)10/h5,8H,4H2,1-3H3/p+1. The van der Waals surface area contributed by atoms with Crippen molar-refractivity contribution >= 4 is 5.97 Å². The third kappa shape index (κ3) is 2.33. The molecule has 0 aliphatic carbocycles. The van der Waals surface area contributed by atoms with Gasteiger partial charge in [0.25, 0.3) is 0 Å². The number of aliphatic hydroxyl groups is 1. The molecule has 4 heteroatoms. The molecule has 0 aromatic heterocycles. The van der Waals surface area contributed by atoms with Crippen LogP contribution in [-0.2, 0) is 4.79 Å². The third-order valence-electron chi connectivity index (χ3n) is 1.39. The van der Waals surface area contributed by atoms with E-state index in [1.54, 1.807) is 21.1 Å². The van der Waals surface area contributed by atoms with Crippen LogP contribution in [0.4, 0.5) is 0 Å². The van der Waals surface area contributed by atoms with Gasteiger partial charge in [0.05, 0.1) is 21.1 Å². The first-order valence-corrected chi connectivity index (χ1v) is 3.04. The second-order valence-electron chi connectivity index (χ2n) is 3.15. The summed E-state index contributed by atoms with van der Waals surface area (Å²) >= 11 is 0. The highest BCUT2D eigenvalue weighted by Gasteiger charge is 2.29. The molecule has 0 aromatic carbocycles. The first-order chi connectivity index (χ1) is 4.39. The van der Waals surface area contributed by atoms with Crippen LogP contribution in [0.25, 0.3) is 0 Å². The van der Waals surface area contributed by atoms with Gasteiger partial charge >= 0.3 is 5.97 Å². The number of likely N-dealkylation sites (N-methyl/N-ethyl adjacent to an activating group) is 1. The molecule has 10 heavy (non-hydrogen) atoms. The molecule has 0 aromatic rings. The first kappa shape index (κ1) is 9.39. The molecule has 0 aliphatic rings. The summed E-state index contributed by atoms with van der Waals surface area (Å²) in [5.41, 5.74) is 0. The molecule has 0 aliphatic heterocycles. The minimum atomic E-state index is -0.963. The van der Waals surface area contributed by atoms with Gasteiger partial charge in [-0.15, -0.1) is 0 Å². The zero-order chi connectivity index (χ0) is 8.36. The normalized spacial score (nSPS) is 14.8. The summed E-state index contributed by atoms with van der Waals surface area (Å²) in [6.45, 7) is -0.321. The lowest BCUT2D eigenvalue weighted by Gasteiger charge is -2.29. The molecule has 60 valence electrons. The van der Waals surface area contributed by atoms with Crippen LogP contribution in [0, 0.1) is 0 Å². The lowest BCUT2D eigenvalue weighted by Crippen LogP contribution is -2.51. The average molecular weight is 148 g/mol. The maximum absolute atomic E-state index is 10.4. The van der Waals surface area contributed by atoms with Gasteiger partial charge in [-0.25, -0.2) is 4.79 Å². The van der Waals surface area contributed by atoms with Gasteiger partial charge in [-0.3, -0.25) is 0 Å². The number of hydrogen-bond donors (Lipinski definition) is 2. The number of carboxylic acids is 1. The van der Waals surface area contributed by atoms with E-state index in [0.717, 1.165) is 0 Å². The molecule has 0 fully saturated rings. The largest absolute Gasteiger partial charge is 0.477 e. The summed E-state index contributed by atoms with van der Waals surface area (Å²) in [7, 11) is 5.19. The van der Waals surface area contributed by atoms with Crippen molar-refractivity contribution in [1.29, 1.82) is 0 Å². The number of hydrogen-bond acceptors (Lipinski definition) is 2. The predicted octanol–water partition coefficient (Wildman–Crippen LogP) is -0.862. The van der Waals surface area contributed by atoms with E-state index in [9.17, 15) is 4.79 Å². The Kier molecular flexibility index (Phi) is 2.80. The smallest absolute Gasteiger partial charge is 0.365 e. The van der Waals surface area contributed by atoms with Crippen LogP contribution >= 0.6 is 0 Å². The molecule has 0 amide bonds. The third-order valence-corrected chi connectivity index (χ3v) is 1.39. The molecule has 1 atom stereocenters. The predicted molar refractivity (Wildman–Crippen MR) is 36.5 cm³/mol. The quantitative estimate of drug-likeness (QED) is 0.512. The monoisotopic (exact) mass is 148 g/mol. The fourth-order valence-electron chi connectivity index (χ4n) is 0.654. The average Bonchev–Trinajstić information content (AvgIpc) is 1.60. The number of carbonyl (C=O) groups is 1. The van der Waals surface area contributed by atoms with Crippen molar-refractivity contribution in [2.24, 2.45) is 0 Å². The number of nitrogens with zero attached hydrogens (tertiary/aromatic N) is 1. The topological polar surface area (TPSA) is 57.5 Å². The fraction of sp³-hybridized carbons (Fsp3) is 0.833. The number of aliphatic hydroxyl groups excluding tert-OH is 1. The van der Waals surface area contributed by atoms with Gasteiger partial charge in [-0.1, -0.05) is 0 Å². The van der Waals surface area contributed by atoms with Crippen LogP contribution in [0.3, 0.4) is 0 Å². The second kappa shape index (κ2) is 2.98. The van der Waals surface area contributed by atoms with Gasteiger partial charge in [0.2, 0.25) is 6.04 Å². The second-order valence-corrected chi connectivity index (χ2v) is 3.15. The van der Waals surface area contributed by atoms with E-state index in [-0.39, 0.29) is 11.1 Å². The maximum Gasteiger partial charge on any atom is 0.365 e. The van der Waals surface area contributed by atoms with Crippen molar-refractivity contribution in [1.82, 2.24) is 0 Å². The van der Waals surface area contributed by atoms with Gasteiger partial charge in [0.1, 0.15) is 6.61 Å². The van der Waals surface area contributed by atoms with Gasteiger partial charge in [0, 0.05) is 0 Å². The minimum absolute atomic E-state index is 0.242. The molecule has 1 unspecified atom stereocenters. The molecule has 0 saturated heterocycles. The van der Waals surface area contributed by atoms with Crippen molar-refractivity contribution in [2.75, 3.05) is 27.7 Å². The van der Waals surface area contributed by atoms with Crippen LogP contribution < -0.4 is 0 Å². The van der Waals surface area contributed by atoms with E-state index >= 15 is 0 Å². The van der Waals surface area contributed by atoms with E-state index in [1.807, 2.05) is 0 Å². The Bertz CT molecular complexity index is 127. The summed E-state index contributed by atoms with van der Waals surface area (Å²) in [6.07, 6.45) is 0. The molecule has 0 bridgehead atoms. The van der Waals surface area contributed by atoms with Crippen LogP contribution in [0.2, 0.25) is 0 Å². The molecule has 0 rings (SSSR count). The van der Waals surface area contributed by atoms with Crippen molar-refractivity contribution < 1.29 is 19.5 Å². The van der Waals surface area contributed by atoms with Gasteiger partial charge in [-0.2, -0.15) is 0 Å². The Balaban J connectivity index is 4.22. The molecule has 0 radical (unpaired) electrons. The van der Waals surface area contributed by atoms with Crippen molar-refractivity contribution in [3.63, 3.8) is 0 Å². The van der Waals surface area contributed by atoms with E-state index in [2.05, 4.69) is 0 Å². The van der Waals surface area contributed by atoms with Crippen LogP contribution in [0.15, 0.2) is 0 Å². The van der Waals surface area contributed by atoms with E-state index in [0.29, 0.717) is 0 Å². The van der Waals surface area contributed by atoms with Crippen LogP contribution in [0.1, 0.15) is 0 Å². The van der Waals surface area contributed by atoms with E-state index in [4.69, 9.17) is 10.2 Å². The first-order valence-electron chi connectivity index (χ1n) is 3.04. The van der Waals surface area contributed by atoms with Gasteiger partial charge < -0.3 is 14.7 Å². The van der Waals surface area contributed by atoms with Crippen molar-refractivity contribution in [3.05, 3.63) is 0 Å². The Hall–Kier alpha value is -0.610. The number of aliphatic carboxylic acids is 1. The SMILES string of the molecule is C[N+](C)(C)C(CO)C(=O)O. The number of quaternary nitrogens is 1. The van der Waals surface area contributed by atoms with E-state index in [1.165, 1.54) is 0 Å². The summed E-state index contributed by atoms with van der Waals surface area (Å²) in [5.74, 6) is -0.963. The summed E-state index contributed by atoms with van der Waals surface area (Å²) in [4.78, 5) is 10.4. The number of carboxylic acid groups (broad SMARTS) is 1. The highest BCUT2D eigenvalue weighted by atomic mass is 16.4. The molecular weight excluding hydrogens is 134 g/mol. The Morgan fingerprint density at radius 1 is 1.50 bits per heavy atom. The van der Waals surface area contributed by atoms with Gasteiger partial charge in [-0.05, 0) is 0 Å². The minimum Gasteiger partial charge on any atom is -0.477 e. The van der Waals surface area contributed by atoms with Crippen LogP contribution in [-0.4, -0.2) is 54.5 Å². The highest BCUT2D eigenvalue weighted by Crippen LogP contribution is 2.01. The fourth-order valence-corrected chi connectivity index (χ4v) is 0.654. The maximum atomic E-state index is 10.4. The lowest BCUT2D eigenvalue weighted by molar-refractivity contribution is -0.887. The van der Waals surface area contributed by atoms with Crippen molar-refractivity contribution in [3.8, 4) is 0 Å². The zero-order valence-corrected chi connectivity index (χ0v) is 6.53. The molecule has 4 nitrogen and oxygen atoms in total. The van der Waals surface area contributed by atoms with Crippen molar-refractivity contribution in [2.45, 2.75) is 6.04 Å². The van der Waals surface area contributed by atoms with Crippen LogP contribution in [0.5, 0.6) is 0 Å². The highest BCUT2D eigenvalue weighted by molar-refractivity contribution is 5.72. The summed E-state index contributed by atoms with van der Waals surface area (Å²) in [6, 6.07) is -0.722. The molecular formula is C6H14NO3+. The number of rotatable bonds is 3. The Morgan fingerprint density at radius 3 is 1.90 bits per heavy atom. The van der Waals surface area contributed by atoms with Gasteiger partial charge in [0.15, 0.2) is 0 Å². The van der Waals surface area contributed by atoms with E-state index < -0.39 is 12.0 Å². The molecule has 0 saturated carbocycles. The molecule has 0 spiro atoms. The Morgan fingerprint density at radius 2 is 1.90 bits per heavy atom. The molecule has 0 heterocycles.